The Labute approximate surface area is 147 Å². The molecule has 2 aliphatic rings. The number of aromatic amines is 1. The summed E-state index contributed by atoms with van der Waals surface area (Å²) in [5.74, 6) is 0.247. The first-order valence-corrected chi connectivity index (χ1v) is 9.34. The third-order valence-corrected chi connectivity index (χ3v) is 5.65. The summed E-state index contributed by atoms with van der Waals surface area (Å²) in [6.45, 7) is 0.821. The van der Waals surface area contributed by atoms with E-state index in [1.54, 1.807) is 18.3 Å². The zero-order valence-electron chi connectivity index (χ0n) is 14.4. The number of nitrogens with one attached hydrogen (secondary N) is 1. The fourth-order valence-corrected chi connectivity index (χ4v) is 4.32. The molecule has 5 heteroatoms. The number of aromatic nitrogens is 2. The second-order valence-corrected chi connectivity index (χ2v) is 7.23. The van der Waals surface area contributed by atoms with E-state index in [0.29, 0.717) is 5.91 Å². The van der Waals surface area contributed by atoms with Crippen LogP contribution >= 0.6 is 0 Å². The molecular weight excluding hydrogens is 317 g/mol. The van der Waals surface area contributed by atoms with E-state index in [9.17, 15) is 9.18 Å². The topological polar surface area (TPSA) is 49.0 Å². The maximum atomic E-state index is 13.2. The summed E-state index contributed by atoms with van der Waals surface area (Å²) in [5, 5.41) is 7.33. The van der Waals surface area contributed by atoms with Gasteiger partial charge in [-0.1, -0.05) is 31.4 Å². The molecule has 2 aromatic rings. The molecule has 1 unspecified atom stereocenters. The minimum atomic E-state index is -0.247. The molecule has 4 rings (SSSR count). The molecule has 1 saturated heterocycles. The molecule has 0 bridgehead atoms. The van der Waals surface area contributed by atoms with Crippen LogP contribution in [0.25, 0.3) is 11.1 Å². The third-order valence-electron chi connectivity index (χ3n) is 5.65. The predicted molar refractivity (Wildman–Crippen MR) is 94.2 cm³/mol. The lowest BCUT2D eigenvalue weighted by atomic mass is 9.88. The van der Waals surface area contributed by atoms with Gasteiger partial charge in [-0.05, 0) is 43.4 Å². The van der Waals surface area contributed by atoms with E-state index in [0.717, 1.165) is 49.0 Å². The first kappa shape index (κ1) is 16.3. The lowest BCUT2D eigenvalue weighted by Gasteiger charge is -2.30. The highest BCUT2D eigenvalue weighted by Gasteiger charge is 2.36. The lowest BCUT2D eigenvalue weighted by molar-refractivity contribution is -0.137. The van der Waals surface area contributed by atoms with Gasteiger partial charge in [0.25, 0.3) is 0 Å². The molecule has 1 aliphatic carbocycles. The van der Waals surface area contributed by atoms with Crippen LogP contribution in [-0.2, 0) is 4.79 Å². The summed E-state index contributed by atoms with van der Waals surface area (Å²) < 4.78 is 13.2. The number of carbonyl (C=O) groups excluding carboxylic acids is 1. The molecule has 25 heavy (non-hydrogen) atoms. The van der Waals surface area contributed by atoms with Crippen molar-refractivity contribution in [1.29, 1.82) is 0 Å². The molecule has 2 fully saturated rings. The molecule has 1 atom stereocenters. The van der Waals surface area contributed by atoms with Gasteiger partial charge in [0.15, 0.2) is 0 Å². The normalized spacial score (nSPS) is 21.6. The van der Waals surface area contributed by atoms with E-state index in [4.69, 9.17) is 0 Å². The van der Waals surface area contributed by atoms with Gasteiger partial charge >= 0.3 is 0 Å². The summed E-state index contributed by atoms with van der Waals surface area (Å²) in [5.41, 5.74) is 2.88. The summed E-state index contributed by atoms with van der Waals surface area (Å²) in [6.07, 6.45) is 9.39. The van der Waals surface area contributed by atoms with Crippen molar-refractivity contribution in [3.8, 4) is 11.1 Å². The number of hydrogen-bond acceptors (Lipinski definition) is 2. The number of benzene rings is 1. The fourth-order valence-electron chi connectivity index (χ4n) is 4.32. The maximum absolute atomic E-state index is 13.2. The van der Waals surface area contributed by atoms with Crippen molar-refractivity contribution in [2.24, 2.45) is 5.92 Å². The van der Waals surface area contributed by atoms with Crippen LogP contribution in [0.1, 0.15) is 56.7 Å². The van der Waals surface area contributed by atoms with Crippen molar-refractivity contribution < 1.29 is 9.18 Å². The fraction of sp³-hybridized carbons (Fsp3) is 0.500. The maximum Gasteiger partial charge on any atom is 0.226 e. The quantitative estimate of drug-likeness (QED) is 0.896. The molecule has 1 amide bonds. The average molecular weight is 341 g/mol. The third kappa shape index (κ3) is 3.20. The number of hydrogen-bond donors (Lipinski definition) is 1. The van der Waals surface area contributed by atoms with Crippen LogP contribution in [0.3, 0.4) is 0 Å². The second kappa shape index (κ2) is 6.98. The van der Waals surface area contributed by atoms with Crippen molar-refractivity contribution in [2.45, 2.75) is 51.0 Å². The number of rotatable bonds is 3. The van der Waals surface area contributed by atoms with Crippen LogP contribution in [0.4, 0.5) is 4.39 Å². The zero-order chi connectivity index (χ0) is 17.2. The highest BCUT2D eigenvalue weighted by molar-refractivity contribution is 5.80. The summed E-state index contributed by atoms with van der Waals surface area (Å²) in [7, 11) is 0. The van der Waals surface area contributed by atoms with Crippen LogP contribution in [0.15, 0.2) is 30.5 Å². The monoisotopic (exact) mass is 341 g/mol. The van der Waals surface area contributed by atoms with E-state index in [1.165, 1.54) is 31.4 Å². The number of carbonyl (C=O) groups is 1. The van der Waals surface area contributed by atoms with Crippen LogP contribution in [0.5, 0.6) is 0 Å². The molecule has 1 aromatic carbocycles. The SMILES string of the molecule is O=C(C1CCCCC1)N1CCCC1c1[nH]ncc1-c1ccc(F)cc1. The van der Waals surface area contributed by atoms with E-state index in [2.05, 4.69) is 15.1 Å². The molecule has 1 aromatic heterocycles. The largest absolute Gasteiger partial charge is 0.334 e. The highest BCUT2D eigenvalue weighted by atomic mass is 19.1. The van der Waals surface area contributed by atoms with Crippen LogP contribution in [0.2, 0.25) is 0 Å². The number of amides is 1. The van der Waals surface area contributed by atoms with E-state index in [-0.39, 0.29) is 17.8 Å². The van der Waals surface area contributed by atoms with Crippen molar-refractivity contribution in [1.82, 2.24) is 15.1 Å². The van der Waals surface area contributed by atoms with E-state index in [1.807, 2.05) is 0 Å². The van der Waals surface area contributed by atoms with Crippen LogP contribution < -0.4 is 0 Å². The number of halogens is 1. The smallest absolute Gasteiger partial charge is 0.226 e. The van der Waals surface area contributed by atoms with Crippen molar-refractivity contribution in [3.63, 3.8) is 0 Å². The van der Waals surface area contributed by atoms with Crippen LogP contribution in [-0.4, -0.2) is 27.5 Å². The van der Waals surface area contributed by atoms with E-state index < -0.39 is 0 Å². The summed E-state index contributed by atoms with van der Waals surface area (Å²) in [6, 6.07) is 6.52. The molecule has 0 spiro atoms. The Bertz CT molecular complexity index is 734. The Kier molecular flexibility index (Phi) is 4.55. The van der Waals surface area contributed by atoms with E-state index >= 15 is 0 Å². The molecule has 2 heterocycles. The molecule has 0 radical (unpaired) electrons. The first-order chi connectivity index (χ1) is 12.2. The Morgan fingerprint density at radius 2 is 1.84 bits per heavy atom. The summed E-state index contributed by atoms with van der Waals surface area (Å²) >= 11 is 0. The standard InChI is InChI=1S/C20H24FN3O/c21-16-10-8-14(9-11-16)17-13-22-23-19(17)18-7-4-12-24(18)20(25)15-5-2-1-3-6-15/h8-11,13,15,18H,1-7,12H2,(H,22,23). The van der Waals surface area contributed by atoms with Crippen molar-refractivity contribution in [3.05, 3.63) is 42.0 Å². The van der Waals surface area contributed by atoms with Gasteiger partial charge in [0.05, 0.1) is 17.9 Å². The molecule has 1 saturated carbocycles. The number of likely N-dealkylation sites (tertiary alicyclic amines) is 1. The number of H-pyrrole nitrogens is 1. The van der Waals surface area contributed by atoms with Crippen LogP contribution in [0, 0.1) is 11.7 Å². The molecule has 1 aliphatic heterocycles. The second-order valence-electron chi connectivity index (χ2n) is 7.23. The van der Waals surface area contributed by atoms with Gasteiger partial charge in [0.1, 0.15) is 5.82 Å². The minimum Gasteiger partial charge on any atom is -0.334 e. The zero-order valence-corrected chi connectivity index (χ0v) is 14.4. The Morgan fingerprint density at radius 3 is 2.60 bits per heavy atom. The van der Waals surface area contributed by atoms with Gasteiger partial charge in [-0.2, -0.15) is 5.10 Å². The summed E-state index contributed by atoms with van der Waals surface area (Å²) in [4.78, 5) is 15.1. The van der Waals surface area contributed by atoms with Crippen molar-refractivity contribution >= 4 is 5.91 Å². The van der Waals surface area contributed by atoms with Crippen molar-refractivity contribution in [2.75, 3.05) is 6.54 Å². The minimum absolute atomic E-state index is 0.0528. The Balaban J connectivity index is 1.59. The van der Waals surface area contributed by atoms with Gasteiger partial charge in [0, 0.05) is 18.0 Å². The highest BCUT2D eigenvalue weighted by Crippen LogP contribution is 2.38. The number of nitrogens with zero attached hydrogens (tertiary/aromatic N) is 2. The predicted octanol–water partition coefficient (Wildman–Crippen LogP) is 4.46. The van der Waals surface area contributed by atoms with Gasteiger partial charge < -0.3 is 4.90 Å². The van der Waals surface area contributed by atoms with Gasteiger partial charge in [0.2, 0.25) is 5.91 Å². The van der Waals surface area contributed by atoms with Gasteiger partial charge in [-0.3, -0.25) is 9.89 Å². The average Bonchev–Trinajstić information content (AvgIpc) is 3.31. The molecular formula is C20H24FN3O. The molecule has 1 N–H and O–H groups in total. The van der Waals surface area contributed by atoms with Gasteiger partial charge in [-0.25, -0.2) is 4.39 Å². The molecule has 132 valence electrons. The Hall–Kier alpha value is -2.17. The Morgan fingerprint density at radius 1 is 1.08 bits per heavy atom. The lowest BCUT2D eigenvalue weighted by Crippen LogP contribution is -2.36. The molecule has 4 nitrogen and oxygen atoms in total. The first-order valence-electron chi connectivity index (χ1n) is 9.34. The van der Waals surface area contributed by atoms with Gasteiger partial charge in [-0.15, -0.1) is 0 Å².